The van der Waals surface area contributed by atoms with E-state index in [-0.39, 0.29) is 11.3 Å². The van der Waals surface area contributed by atoms with Crippen LogP contribution in [0.4, 0.5) is 17.1 Å². The van der Waals surface area contributed by atoms with E-state index in [1.807, 2.05) is 0 Å². The summed E-state index contributed by atoms with van der Waals surface area (Å²) in [6.07, 6.45) is 1.84. The van der Waals surface area contributed by atoms with Gasteiger partial charge in [-0.25, -0.2) is 0 Å². The highest BCUT2D eigenvalue weighted by Crippen LogP contribution is 2.63. The van der Waals surface area contributed by atoms with E-state index in [1.54, 1.807) is 0 Å². The second-order valence-electron chi connectivity index (χ2n) is 17.9. The van der Waals surface area contributed by atoms with Gasteiger partial charge in [-0.1, -0.05) is 184 Å². The number of hydrogen-bond acceptors (Lipinski definition) is 2. The molecule has 1 unspecified atom stereocenters. The molecule has 1 aromatic heterocycles. The van der Waals surface area contributed by atoms with Crippen LogP contribution in [0.1, 0.15) is 76.3 Å². The van der Waals surface area contributed by atoms with Gasteiger partial charge >= 0.3 is 0 Å². The van der Waals surface area contributed by atoms with Gasteiger partial charge in [0.2, 0.25) is 0 Å². The molecule has 0 aliphatic heterocycles. The number of anilines is 3. The maximum atomic E-state index is 6.58. The first-order valence-corrected chi connectivity index (χ1v) is 22.4. The average molecular weight is 810 g/mol. The van der Waals surface area contributed by atoms with E-state index in [0.717, 1.165) is 51.8 Å². The Hall–Kier alpha value is -7.42. The van der Waals surface area contributed by atoms with E-state index in [2.05, 4.69) is 237 Å². The van der Waals surface area contributed by atoms with Crippen LogP contribution in [0, 0.1) is 0 Å². The molecule has 2 heteroatoms. The van der Waals surface area contributed by atoms with Gasteiger partial charge in [-0.15, -0.1) is 0 Å². The highest BCUT2D eigenvalue weighted by Gasteiger charge is 2.53. The molecule has 0 saturated heterocycles. The lowest BCUT2D eigenvalue weighted by Crippen LogP contribution is -2.40. The van der Waals surface area contributed by atoms with Gasteiger partial charge in [0, 0.05) is 39.2 Å². The summed E-state index contributed by atoms with van der Waals surface area (Å²) in [4.78, 5) is 2.33. The first-order chi connectivity index (χ1) is 31.0. The van der Waals surface area contributed by atoms with Gasteiger partial charge in [-0.05, 0) is 123 Å². The Morgan fingerprint density at radius 1 is 0.444 bits per heavy atom. The van der Waals surface area contributed by atoms with E-state index >= 15 is 0 Å². The van der Waals surface area contributed by atoms with Crippen molar-refractivity contribution in [3.05, 3.63) is 268 Å². The topological polar surface area (TPSA) is 16.4 Å². The van der Waals surface area contributed by atoms with Crippen molar-refractivity contribution in [1.82, 2.24) is 0 Å². The normalized spacial score (nSPS) is 14.5. The minimum absolute atomic E-state index is 0.0936. The van der Waals surface area contributed by atoms with Gasteiger partial charge in [0.25, 0.3) is 0 Å². The standard InChI is InChI=1S/C61H47NO/c1-60(2)52-26-12-14-28-54(52)61(55-29-15-13-27-53(55)60)51-25-11-9-23-50(51)59-49(24-17-30-56(59)61)46(42-35-39-48-47-22-10-16-31-57(47)63-58(48)40-42)38-34-41-32-36-45(37-33-41)62(43-18-5-3-6-19-43)44-20-7-4-8-21-44/h3-33,35-37,39-40,46H,34,38H2,1-2H3. The van der Waals surface area contributed by atoms with Crippen LogP contribution in [0.3, 0.4) is 0 Å². The Kier molecular flexibility index (Phi) is 8.66. The van der Waals surface area contributed by atoms with Crippen LogP contribution in [0.25, 0.3) is 33.1 Å². The highest BCUT2D eigenvalue weighted by molar-refractivity contribution is 6.05. The fourth-order valence-corrected chi connectivity index (χ4v) is 11.4. The maximum absolute atomic E-state index is 6.58. The molecule has 1 spiro atoms. The molecule has 0 saturated carbocycles. The molecule has 1 atom stereocenters. The molecule has 1 heterocycles. The Labute approximate surface area is 369 Å². The summed E-state index contributed by atoms with van der Waals surface area (Å²) in [5.41, 5.74) is 19.6. The second kappa shape index (κ2) is 14.6. The molecule has 0 fully saturated rings. The molecule has 2 aliphatic rings. The minimum Gasteiger partial charge on any atom is -0.456 e. The number of nitrogens with zero attached hydrogens (tertiary/aromatic N) is 1. The lowest BCUT2D eigenvalue weighted by molar-refractivity contribution is 0.563. The second-order valence-corrected chi connectivity index (χ2v) is 17.9. The lowest BCUT2D eigenvalue weighted by Gasteiger charge is -2.46. The molecule has 0 amide bonds. The van der Waals surface area contributed by atoms with Crippen molar-refractivity contribution >= 4 is 39.0 Å². The first kappa shape index (κ1) is 37.4. The van der Waals surface area contributed by atoms with Gasteiger partial charge in [0.1, 0.15) is 11.2 Å². The molecular weight excluding hydrogens is 763 g/mol. The zero-order valence-electron chi connectivity index (χ0n) is 35.6. The molecule has 10 aromatic rings. The van der Waals surface area contributed by atoms with Crippen molar-refractivity contribution in [3.63, 3.8) is 0 Å². The fraction of sp³-hybridized carbons (Fsp3) is 0.115. The summed E-state index contributed by atoms with van der Waals surface area (Å²) in [5, 5.41) is 2.32. The van der Waals surface area contributed by atoms with Gasteiger partial charge < -0.3 is 9.32 Å². The van der Waals surface area contributed by atoms with Crippen molar-refractivity contribution in [3.8, 4) is 11.1 Å². The lowest BCUT2D eigenvalue weighted by atomic mass is 9.55. The maximum Gasteiger partial charge on any atom is 0.135 e. The number of fused-ring (bicyclic) bond motifs is 12. The van der Waals surface area contributed by atoms with E-state index in [0.29, 0.717) is 0 Å². The smallest absolute Gasteiger partial charge is 0.135 e. The van der Waals surface area contributed by atoms with E-state index in [4.69, 9.17) is 4.42 Å². The van der Waals surface area contributed by atoms with Gasteiger partial charge in [0.15, 0.2) is 0 Å². The van der Waals surface area contributed by atoms with Crippen molar-refractivity contribution < 1.29 is 4.42 Å². The average Bonchev–Trinajstić information content (AvgIpc) is 3.86. The fourth-order valence-electron chi connectivity index (χ4n) is 11.4. The molecule has 2 aliphatic carbocycles. The quantitative estimate of drug-likeness (QED) is 0.152. The summed E-state index contributed by atoms with van der Waals surface area (Å²) >= 11 is 0. The summed E-state index contributed by atoms with van der Waals surface area (Å²) < 4.78 is 6.58. The van der Waals surface area contributed by atoms with E-state index in [9.17, 15) is 0 Å². The first-order valence-electron chi connectivity index (χ1n) is 22.4. The summed E-state index contributed by atoms with van der Waals surface area (Å²) in [5.74, 6) is 0.0936. The molecule has 12 rings (SSSR count). The minimum atomic E-state index is -0.447. The van der Waals surface area contributed by atoms with Crippen LogP contribution < -0.4 is 4.90 Å². The Bertz CT molecular complexity index is 3230. The van der Waals surface area contributed by atoms with Crippen molar-refractivity contribution in [2.45, 2.75) is 43.4 Å². The number of rotatable bonds is 8. The van der Waals surface area contributed by atoms with Crippen molar-refractivity contribution in [1.29, 1.82) is 0 Å². The van der Waals surface area contributed by atoms with Crippen LogP contribution in [0.15, 0.2) is 223 Å². The molecule has 0 bridgehead atoms. The van der Waals surface area contributed by atoms with Crippen LogP contribution in [0.2, 0.25) is 0 Å². The van der Waals surface area contributed by atoms with Crippen molar-refractivity contribution in [2.75, 3.05) is 4.90 Å². The Balaban J connectivity index is 1.02. The third-order valence-corrected chi connectivity index (χ3v) is 14.2. The predicted octanol–water partition coefficient (Wildman–Crippen LogP) is 15.8. The SMILES string of the molecule is CC1(C)c2ccccc2C2(c3ccccc3-c3c(C(CCc4ccc(N(c5ccccc5)c5ccccc5)cc4)c4ccc5c(c4)oc4ccccc45)cccc32)c2ccccc21. The van der Waals surface area contributed by atoms with E-state index < -0.39 is 5.41 Å². The zero-order chi connectivity index (χ0) is 42.1. The monoisotopic (exact) mass is 809 g/mol. The molecule has 0 N–H and O–H groups in total. The summed E-state index contributed by atoms with van der Waals surface area (Å²) in [6.45, 7) is 4.79. The van der Waals surface area contributed by atoms with Gasteiger partial charge in [0.05, 0.1) is 5.41 Å². The van der Waals surface area contributed by atoms with Crippen LogP contribution in [0.5, 0.6) is 0 Å². The molecule has 63 heavy (non-hydrogen) atoms. The van der Waals surface area contributed by atoms with Crippen LogP contribution in [-0.2, 0) is 17.3 Å². The number of aryl methyl sites for hydroxylation is 1. The van der Waals surface area contributed by atoms with Crippen LogP contribution >= 0.6 is 0 Å². The number of para-hydroxylation sites is 3. The molecular formula is C61H47NO. The molecule has 9 aromatic carbocycles. The Morgan fingerprint density at radius 2 is 0.984 bits per heavy atom. The number of furan rings is 1. The number of benzene rings is 9. The van der Waals surface area contributed by atoms with Gasteiger partial charge in [-0.3, -0.25) is 0 Å². The van der Waals surface area contributed by atoms with Crippen molar-refractivity contribution in [2.24, 2.45) is 0 Å². The third-order valence-electron chi connectivity index (χ3n) is 14.2. The molecule has 302 valence electrons. The van der Waals surface area contributed by atoms with Crippen LogP contribution in [-0.4, -0.2) is 0 Å². The molecule has 0 radical (unpaired) electrons. The highest BCUT2D eigenvalue weighted by atomic mass is 16.3. The third kappa shape index (κ3) is 5.71. The summed E-state index contributed by atoms with van der Waals surface area (Å²) in [7, 11) is 0. The summed E-state index contributed by atoms with van der Waals surface area (Å²) in [6, 6.07) is 80.7. The predicted molar refractivity (Wildman–Crippen MR) is 261 cm³/mol. The van der Waals surface area contributed by atoms with Gasteiger partial charge in [-0.2, -0.15) is 0 Å². The number of hydrogen-bond donors (Lipinski definition) is 0. The van der Waals surface area contributed by atoms with E-state index in [1.165, 1.54) is 61.2 Å². The zero-order valence-corrected chi connectivity index (χ0v) is 35.6. The largest absolute Gasteiger partial charge is 0.456 e. The Morgan fingerprint density at radius 3 is 1.67 bits per heavy atom. The molecule has 2 nitrogen and oxygen atoms in total.